The number of sulfone groups is 2. The minimum Gasteiger partial charge on any atom is -0.465 e. The molecule has 1 aromatic carbocycles. The number of nitrogens with one attached hydrogen (secondary N) is 1. The maximum Gasteiger partial charge on any atom is 0.350 e. The molecule has 9 nitrogen and oxygen atoms in total. The third-order valence-corrected chi connectivity index (χ3v) is 10.6. The van der Waals surface area contributed by atoms with Crippen molar-refractivity contribution in [3.8, 4) is 6.07 Å². The van der Waals surface area contributed by atoms with Crippen LogP contribution in [0.4, 0.5) is 5.69 Å². The molecule has 1 N–H and O–H groups in total. The Bertz CT molecular complexity index is 1310. The summed E-state index contributed by atoms with van der Waals surface area (Å²) in [6.07, 6.45) is 1.63. The number of benzene rings is 1. The molecule has 0 amide bonds. The molecule has 0 radical (unpaired) electrons. The number of esters is 1. The van der Waals surface area contributed by atoms with Crippen LogP contribution in [0.2, 0.25) is 5.02 Å². The molecule has 0 aliphatic carbocycles. The number of thiophene rings is 1. The average Bonchev–Trinajstić information content (AvgIpc) is 3.13. The lowest BCUT2D eigenvalue weighted by Crippen LogP contribution is -2.18. The molecule has 2 aromatic rings. The Morgan fingerprint density at radius 1 is 1.25 bits per heavy atom. The van der Waals surface area contributed by atoms with Crippen LogP contribution in [0.25, 0.3) is 0 Å². The monoisotopic (exact) mass is 535 g/mol. The number of carbonyl (C=O) groups is 1. The van der Waals surface area contributed by atoms with Crippen LogP contribution in [0, 0.1) is 11.3 Å². The van der Waals surface area contributed by atoms with Gasteiger partial charge in [0.15, 0.2) is 9.84 Å². The molecule has 0 fully saturated rings. The Kier molecular flexibility index (Phi) is 8.35. The van der Waals surface area contributed by atoms with Gasteiger partial charge in [-0.1, -0.05) is 11.6 Å². The van der Waals surface area contributed by atoms with Crippen LogP contribution in [0.3, 0.4) is 0 Å². The first kappa shape index (κ1) is 26.1. The van der Waals surface area contributed by atoms with Gasteiger partial charge >= 0.3 is 5.97 Å². The number of hydrazone groups is 1. The van der Waals surface area contributed by atoms with Crippen LogP contribution < -0.4 is 5.43 Å². The van der Waals surface area contributed by atoms with E-state index >= 15 is 0 Å². The molecule has 0 aliphatic heterocycles. The lowest BCUT2D eigenvalue weighted by atomic mass is 10.4. The Morgan fingerprint density at radius 3 is 2.31 bits per heavy atom. The Hall–Kier alpha value is -2.11. The second kappa shape index (κ2) is 10.2. The van der Waals surface area contributed by atoms with E-state index in [0.717, 1.165) is 30.2 Å². The highest BCUT2D eigenvalue weighted by molar-refractivity contribution is 8.07. The standard InChI is InChI=1S/C18H18ClN3O6S4/c1-10(2)31(24,25)16-14(15(17(23)28-3)30-18(16)29-4)22-21-13(9-20)32(26,27)12-7-5-11(19)6-8-12/h5-8,10,22H,1-4H3/b21-13-. The van der Waals surface area contributed by atoms with Gasteiger partial charge in [0.25, 0.3) is 5.04 Å². The predicted molar refractivity (Wildman–Crippen MR) is 125 cm³/mol. The average molecular weight is 536 g/mol. The summed E-state index contributed by atoms with van der Waals surface area (Å²) in [5, 5.41) is 11.6. The first-order valence-electron chi connectivity index (χ1n) is 8.69. The fourth-order valence-corrected chi connectivity index (χ4v) is 7.41. The van der Waals surface area contributed by atoms with Crippen LogP contribution in [0.5, 0.6) is 0 Å². The van der Waals surface area contributed by atoms with E-state index in [1.54, 1.807) is 6.26 Å². The molecule has 0 spiro atoms. The number of rotatable bonds is 7. The quantitative estimate of drug-likeness (QED) is 0.184. The predicted octanol–water partition coefficient (Wildman–Crippen LogP) is 3.81. The van der Waals surface area contributed by atoms with E-state index in [2.05, 4.69) is 10.5 Å². The highest BCUT2D eigenvalue weighted by atomic mass is 35.5. The van der Waals surface area contributed by atoms with E-state index in [9.17, 15) is 26.9 Å². The Morgan fingerprint density at radius 2 is 1.84 bits per heavy atom. The molecule has 0 unspecified atom stereocenters. The summed E-state index contributed by atoms with van der Waals surface area (Å²) in [6.45, 7) is 2.93. The van der Waals surface area contributed by atoms with Gasteiger partial charge in [0.05, 0.1) is 21.5 Å². The van der Waals surface area contributed by atoms with E-state index in [0.29, 0.717) is 5.02 Å². The molecule has 1 aromatic heterocycles. The summed E-state index contributed by atoms with van der Waals surface area (Å²) in [5.41, 5.74) is 2.08. The highest BCUT2D eigenvalue weighted by Gasteiger charge is 2.34. The van der Waals surface area contributed by atoms with Crippen molar-refractivity contribution in [2.45, 2.75) is 33.1 Å². The van der Waals surface area contributed by atoms with Crippen molar-refractivity contribution < 1.29 is 26.4 Å². The zero-order valence-corrected chi connectivity index (χ0v) is 21.3. The van der Waals surface area contributed by atoms with Gasteiger partial charge in [-0.15, -0.1) is 23.1 Å². The van der Waals surface area contributed by atoms with Crippen LogP contribution in [-0.2, 0) is 24.4 Å². The number of thioether (sulfide) groups is 1. The lowest BCUT2D eigenvalue weighted by Gasteiger charge is -2.11. The summed E-state index contributed by atoms with van der Waals surface area (Å²) in [5.74, 6) is -0.840. The van der Waals surface area contributed by atoms with E-state index < -0.39 is 35.9 Å². The zero-order chi connectivity index (χ0) is 24.3. The maximum absolute atomic E-state index is 13.0. The SMILES string of the molecule is COC(=O)c1sc(SC)c(S(=O)(=O)C(C)C)c1N/N=C(/C#N)S(=O)(=O)c1ccc(Cl)cc1. The molecule has 14 heteroatoms. The van der Waals surface area contributed by atoms with E-state index in [-0.39, 0.29) is 24.6 Å². The summed E-state index contributed by atoms with van der Waals surface area (Å²) in [6, 6.07) is 6.57. The van der Waals surface area contributed by atoms with Gasteiger partial charge in [0.2, 0.25) is 9.84 Å². The molecule has 32 heavy (non-hydrogen) atoms. The van der Waals surface area contributed by atoms with Crippen LogP contribution in [0.15, 0.2) is 43.4 Å². The fraction of sp³-hybridized carbons (Fsp3) is 0.278. The van der Waals surface area contributed by atoms with Gasteiger partial charge in [0, 0.05) is 5.02 Å². The van der Waals surface area contributed by atoms with Crippen molar-refractivity contribution in [1.29, 1.82) is 5.26 Å². The van der Waals surface area contributed by atoms with Crippen molar-refractivity contribution in [3.05, 3.63) is 34.2 Å². The number of hydrogen-bond acceptors (Lipinski definition) is 11. The second-order valence-corrected chi connectivity index (χ2v) is 13.1. The van der Waals surface area contributed by atoms with Crippen molar-refractivity contribution in [2.24, 2.45) is 5.10 Å². The first-order valence-corrected chi connectivity index (χ1v) is 14.1. The number of nitriles is 1. The number of hydrogen-bond donors (Lipinski definition) is 1. The Labute approximate surface area is 199 Å². The van der Waals surface area contributed by atoms with E-state index in [1.165, 1.54) is 44.2 Å². The van der Waals surface area contributed by atoms with Gasteiger partial charge in [-0.05, 0) is 44.4 Å². The number of carbonyl (C=O) groups excluding carboxylic acids is 1. The van der Waals surface area contributed by atoms with Crippen molar-refractivity contribution in [1.82, 2.24) is 0 Å². The summed E-state index contributed by atoms with van der Waals surface area (Å²) in [7, 11) is -7.13. The molecule has 0 aliphatic rings. The smallest absolute Gasteiger partial charge is 0.350 e. The van der Waals surface area contributed by atoms with Crippen molar-refractivity contribution in [2.75, 3.05) is 18.8 Å². The molecule has 0 atom stereocenters. The number of nitrogens with zero attached hydrogens (tertiary/aromatic N) is 2. The topological polar surface area (TPSA) is 143 Å². The molecule has 1 heterocycles. The van der Waals surface area contributed by atoms with Crippen LogP contribution in [-0.4, -0.2) is 46.5 Å². The molecular weight excluding hydrogens is 518 g/mol. The van der Waals surface area contributed by atoms with Gasteiger partial charge in [0.1, 0.15) is 21.5 Å². The first-order chi connectivity index (χ1) is 14.9. The van der Waals surface area contributed by atoms with Crippen LogP contribution in [0.1, 0.15) is 23.5 Å². The molecule has 2 rings (SSSR count). The van der Waals surface area contributed by atoms with Crippen molar-refractivity contribution in [3.63, 3.8) is 0 Å². The van der Waals surface area contributed by atoms with Gasteiger partial charge in [-0.2, -0.15) is 10.4 Å². The zero-order valence-electron chi connectivity index (χ0n) is 17.2. The molecular formula is C18H18ClN3O6S4. The molecule has 172 valence electrons. The summed E-state index contributed by atoms with van der Waals surface area (Å²) < 4.78 is 56.5. The Balaban J connectivity index is 2.70. The number of ether oxygens (including phenoxy) is 1. The lowest BCUT2D eigenvalue weighted by molar-refractivity contribution is 0.0607. The van der Waals surface area contributed by atoms with Gasteiger partial charge in [-0.3, -0.25) is 5.43 Å². The maximum atomic E-state index is 13.0. The fourth-order valence-electron chi connectivity index (χ4n) is 2.34. The second-order valence-electron chi connectivity index (χ2n) is 6.31. The summed E-state index contributed by atoms with van der Waals surface area (Å²) in [4.78, 5) is 11.7. The highest BCUT2D eigenvalue weighted by Crippen LogP contribution is 2.43. The largest absolute Gasteiger partial charge is 0.465 e. The van der Waals surface area contributed by atoms with E-state index in [1.807, 2.05) is 0 Å². The third-order valence-electron chi connectivity index (χ3n) is 4.04. The normalized spacial score (nSPS) is 12.5. The van der Waals surface area contributed by atoms with Gasteiger partial charge < -0.3 is 4.74 Å². The molecule has 0 saturated carbocycles. The molecule has 0 bridgehead atoms. The number of methoxy groups -OCH3 is 1. The van der Waals surface area contributed by atoms with E-state index in [4.69, 9.17) is 16.3 Å². The third kappa shape index (κ3) is 5.10. The summed E-state index contributed by atoms with van der Waals surface area (Å²) >= 11 is 7.73. The van der Waals surface area contributed by atoms with Crippen LogP contribution >= 0.6 is 34.7 Å². The van der Waals surface area contributed by atoms with Crippen molar-refractivity contribution >= 4 is 71.1 Å². The number of halogens is 1. The number of anilines is 1. The van der Waals surface area contributed by atoms with Gasteiger partial charge in [-0.25, -0.2) is 21.6 Å². The molecule has 0 saturated heterocycles. The minimum absolute atomic E-state index is 0.124. The minimum atomic E-state index is -4.34.